The maximum absolute atomic E-state index is 12.8. The Bertz CT molecular complexity index is 531. The van der Waals surface area contributed by atoms with Crippen LogP contribution >= 0.6 is 0 Å². The van der Waals surface area contributed by atoms with Crippen molar-refractivity contribution in [2.24, 2.45) is 11.8 Å². The van der Waals surface area contributed by atoms with Gasteiger partial charge in [-0.1, -0.05) is 18.2 Å². The predicted molar refractivity (Wildman–Crippen MR) is 80.2 cm³/mol. The highest BCUT2D eigenvalue weighted by atomic mass is 16.5. The molecule has 1 N–H and O–H groups in total. The van der Waals surface area contributed by atoms with Crippen LogP contribution in [0.25, 0.3) is 0 Å². The van der Waals surface area contributed by atoms with Crippen LogP contribution in [0.15, 0.2) is 24.3 Å². The van der Waals surface area contributed by atoms with Crippen molar-refractivity contribution in [1.82, 2.24) is 10.2 Å². The molecule has 3 aliphatic heterocycles. The Labute approximate surface area is 125 Å². The molecule has 0 aliphatic carbocycles. The van der Waals surface area contributed by atoms with E-state index in [-0.39, 0.29) is 11.8 Å². The summed E-state index contributed by atoms with van der Waals surface area (Å²) in [7, 11) is 0. The lowest BCUT2D eigenvalue weighted by Gasteiger charge is -2.28. The number of hydrogen-bond donors (Lipinski definition) is 1. The molecule has 0 spiro atoms. The fraction of sp³-hybridized carbons (Fsp3) is 0.588. The molecular formula is C17H22N2O2. The molecular weight excluding hydrogens is 264 g/mol. The summed E-state index contributed by atoms with van der Waals surface area (Å²) in [5, 5.41) is 3.56. The van der Waals surface area contributed by atoms with Gasteiger partial charge in [0.1, 0.15) is 12.4 Å². The standard InChI is InChI=1S/C17H22N2O2/c20-17(19-9-13-5-3-7-18-15(13)10-19)14-8-12-4-1-2-6-16(12)21-11-14/h1-2,4,6,13-15,18H,3,5,7-11H2. The van der Waals surface area contributed by atoms with Gasteiger partial charge in [-0.05, 0) is 43.4 Å². The number of rotatable bonds is 1. The van der Waals surface area contributed by atoms with Crippen molar-refractivity contribution in [2.45, 2.75) is 25.3 Å². The fourth-order valence-electron chi connectivity index (χ4n) is 3.97. The number of fused-ring (bicyclic) bond motifs is 2. The minimum atomic E-state index is -0.0138. The number of benzene rings is 1. The van der Waals surface area contributed by atoms with Crippen molar-refractivity contribution in [1.29, 1.82) is 0 Å². The molecule has 4 nitrogen and oxygen atoms in total. The maximum atomic E-state index is 12.8. The van der Waals surface area contributed by atoms with E-state index in [0.717, 1.165) is 37.4 Å². The average molecular weight is 286 g/mol. The van der Waals surface area contributed by atoms with Crippen LogP contribution in [0.4, 0.5) is 0 Å². The van der Waals surface area contributed by atoms with Crippen LogP contribution in [0.3, 0.4) is 0 Å². The predicted octanol–water partition coefficient (Wildman–Crippen LogP) is 1.45. The number of carbonyl (C=O) groups is 1. The third-order valence-electron chi connectivity index (χ3n) is 5.14. The summed E-state index contributed by atoms with van der Waals surface area (Å²) >= 11 is 0. The van der Waals surface area contributed by atoms with Gasteiger partial charge in [-0.25, -0.2) is 0 Å². The molecule has 4 heteroatoms. The Kier molecular flexibility index (Phi) is 3.34. The van der Waals surface area contributed by atoms with Crippen molar-refractivity contribution >= 4 is 5.91 Å². The van der Waals surface area contributed by atoms with Crippen molar-refractivity contribution < 1.29 is 9.53 Å². The van der Waals surface area contributed by atoms with E-state index in [1.165, 1.54) is 12.8 Å². The smallest absolute Gasteiger partial charge is 0.229 e. The summed E-state index contributed by atoms with van der Waals surface area (Å²) in [5.41, 5.74) is 1.16. The highest BCUT2D eigenvalue weighted by molar-refractivity contribution is 5.80. The van der Waals surface area contributed by atoms with E-state index < -0.39 is 0 Å². The molecule has 0 radical (unpaired) electrons. The molecule has 3 atom stereocenters. The SMILES string of the molecule is O=C(C1COc2ccccc2C1)N1CC2CCCNC2C1. The quantitative estimate of drug-likeness (QED) is 0.849. The van der Waals surface area contributed by atoms with Gasteiger partial charge < -0.3 is 15.0 Å². The topological polar surface area (TPSA) is 41.6 Å². The van der Waals surface area contributed by atoms with E-state index in [2.05, 4.69) is 16.3 Å². The molecule has 4 rings (SSSR count). The Morgan fingerprint density at radius 3 is 3.10 bits per heavy atom. The second-order valence-corrected chi connectivity index (χ2v) is 6.53. The number of nitrogens with zero attached hydrogens (tertiary/aromatic N) is 1. The number of ether oxygens (including phenoxy) is 1. The van der Waals surface area contributed by atoms with Crippen molar-refractivity contribution in [3.8, 4) is 5.75 Å². The van der Waals surface area contributed by atoms with Gasteiger partial charge in [0.25, 0.3) is 0 Å². The van der Waals surface area contributed by atoms with Gasteiger partial charge in [0, 0.05) is 19.1 Å². The van der Waals surface area contributed by atoms with E-state index in [9.17, 15) is 4.79 Å². The van der Waals surface area contributed by atoms with Crippen LogP contribution < -0.4 is 10.1 Å². The average Bonchev–Trinajstić information content (AvgIpc) is 2.97. The first-order valence-corrected chi connectivity index (χ1v) is 8.04. The zero-order chi connectivity index (χ0) is 14.2. The number of para-hydroxylation sites is 1. The summed E-state index contributed by atoms with van der Waals surface area (Å²) in [6.45, 7) is 3.43. The lowest BCUT2D eigenvalue weighted by molar-refractivity contribution is -0.136. The molecule has 2 saturated heterocycles. The molecule has 112 valence electrons. The molecule has 3 aliphatic rings. The summed E-state index contributed by atoms with van der Waals surface area (Å²) in [4.78, 5) is 14.8. The van der Waals surface area contributed by atoms with Gasteiger partial charge in [0.05, 0.1) is 5.92 Å². The fourth-order valence-corrected chi connectivity index (χ4v) is 3.97. The number of amides is 1. The Balaban J connectivity index is 1.44. The molecule has 1 aromatic rings. The summed E-state index contributed by atoms with van der Waals surface area (Å²) < 4.78 is 5.77. The van der Waals surface area contributed by atoms with E-state index in [4.69, 9.17) is 4.74 Å². The lowest BCUT2D eigenvalue weighted by atomic mass is 9.94. The Morgan fingerprint density at radius 1 is 1.29 bits per heavy atom. The first-order chi connectivity index (χ1) is 10.3. The van der Waals surface area contributed by atoms with Crippen LogP contribution in [0.1, 0.15) is 18.4 Å². The van der Waals surface area contributed by atoms with Crippen molar-refractivity contribution in [3.63, 3.8) is 0 Å². The monoisotopic (exact) mass is 286 g/mol. The second kappa shape index (κ2) is 5.34. The van der Waals surface area contributed by atoms with Crippen LogP contribution in [-0.2, 0) is 11.2 Å². The minimum absolute atomic E-state index is 0.0138. The second-order valence-electron chi connectivity index (χ2n) is 6.53. The number of nitrogens with one attached hydrogen (secondary N) is 1. The number of piperidine rings is 1. The highest BCUT2D eigenvalue weighted by Crippen LogP contribution is 2.30. The number of hydrogen-bond acceptors (Lipinski definition) is 3. The van der Waals surface area contributed by atoms with E-state index in [0.29, 0.717) is 18.6 Å². The molecule has 0 saturated carbocycles. The first kappa shape index (κ1) is 13.1. The van der Waals surface area contributed by atoms with Crippen LogP contribution in [-0.4, -0.2) is 43.1 Å². The van der Waals surface area contributed by atoms with Crippen molar-refractivity contribution in [2.75, 3.05) is 26.2 Å². The minimum Gasteiger partial charge on any atom is -0.492 e. The highest BCUT2D eigenvalue weighted by Gasteiger charge is 2.39. The number of likely N-dealkylation sites (tertiary alicyclic amines) is 1. The zero-order valence-electron chi connectivity index (χ0n) is 12.3. The summed E-state index contributed by atoms with van der Waals surface area (Å²) in [6, 6.07) is 8.57. The molecule has 0 aromatic heterocycles. The van der Waals surface area contributed by atoms with Gasteiger partial charge >= 0.3 is 0 Å². The van der Waals surface area contributed by atoms with Gasteiger partial charge in [-0.3, -0.25) is 4.79 Å². The maximum Gasteiger partial charge on any atom is 0.229 e. The molecule has 1 amide bonds. The summed E-state index contributed by atoms with van der Waals surface area (Å²) in [5.74, 6) is 1.86. The van der Waals surface area contributed by atoms with Crippen LogP contribution in [0.5, 0.6) is 5.75 Å². The normalized spacial score (nSPS) is 31.2. The number of carbonyl (C=O) groups excluding carboxylic acids is 1. The largest absolute Gasteiger partial charge is 0.492 e. The molecule has 2 fully saturated rings. The van der Waals surface area contributed by atoms with E-state index in [1.54, 1.807) is 0 Å². The van der Waals surface area contributed by atoms with Crippen LogP contribution in [0, 0.1) is 11.8 Å². The van der Waals surface area contributed by atoms with E-state index >= 15 is 0 Å². The molecule has 0 bridgehead atoms. The summed E-state index contributed by atoms with van der Waals surface area (Å²) in [6.07, 6.45) is 3.31. The molecule has 3 unspecified atom stereocenters. The Hall–Kier alpha value is -1.55. The lowest BCUT2D eigenvalue weighted by Crippen LogP contribution is -2.42. The van der Waals surface area contributed by atoms with Gasteiger partial charge in [0.15, 0.2) is 0 Å². The Morgan fingerprint density at radius 2 is 2.19 bits per heavy atom. The third kappa shape index (κ3) is 2.42. The van der Waals surface area contributed by atoms with Gasteiger partial charge in [-0.2, -0.15) is 0 Å². The van der Waals surface area contributed by atoms with Gasteiger partial charge in [0.2, 0.25) is 5.91 Å². The molecule has 3 heterocycles. The zero-order valence-corrected chi connectivity index (χ0v) is 12.3. The van der Waals surface area contributed by atoms with Crippen molar-refractivity contribution in [3.05, 3.63) is 29.8 Å². The van der Waals surface area contributed by atoms with Gasteiger partial charge in [-0.15, -0.1) is 0 Å². The third-order valence-corrected chi connectivity index (χ3v) is 5.14. The van der Waals surface area contributed by atoms with E-state index in [1.807, 2.05) is 18.2 Å². The molecule has 21 heavy (non-hydrogen) atoms. The first-order valence-electron chi connectivity index (χ1n) is 8.04. The van der Waals surface area contributed by atoms with Crippen LogP contribution in [0.2, 0.25) is 0 Å². The molecule has 1 aromatic carbocycles.